The van der Waals surface area contributed by atoms with Gasteiger partial charge in [0.15, 0.2) is 0 Å². The molecular formula is C14H19N3O6. The molecule has 0 fully saturated rings. The number of hydrogen-bond acceptors (Lipinski definition) is 6. The first-order valence-electron chi connectivity index (χ1n) is 6.76. The van der Waals surface area contributed by atoms with E-state index < -0.39 is 34.8 Å². The van der Waals surface area contributed by atoms with Crippen LogP contribution >= 0.6 is 0 Å². The van der Waals surface area contributed by atoms with E-state index in [-0.39, 0.29) is 17.8 Å². The van der Waals surface area contributed by atoms with Crippen LogP contribution in [0.25, 0.3) is 0 Å². The lowest BCUT2D eigenvalue weighted by atomic mass is 10.1. The molecular weight excluding hydrogens is 306 g/mol. The van der Waals surface area contributed by atoms with Crippen LogP contribution in [0.4, 0.5) is 16.2 Å². The van der Waals surface area contributed by atoms with E-state index in [1.807, 2.05) is 0 Å². The molecule has 0 unspecified atom stereocenters. The van der Waals surface area contributed by atoms with Gasteiger partial charge in [-0.25, -0.2) is 4.79 Å². The Morgan fingerprint density at radius 2 is 2.00 bits per heavy atom. The van der Waals surface area contributed by atoms with Crippen molar-refractivity contribution in [2.24, 2.45) is 5.73 Å². The molecule has 1 aromatic rings. The van der Waals surface area contributed by atoms with Crippen LogP contribution in [0.3, 0.4) is 0 Å². The monoisotopic (exact) mass is 325 g/mol. The van der Waals surface area contributed by atoms with Crippen LogP contribution in [0.1, 0.15) is 31.1 Å². The number of carbonyl (C=O) groups is 2. The molecule has 0 atom stereocenters. The van der Waals surface area contributed by atoms with E-state index in [1.165, 1.54) is 12.1 Å². The van der Waals surface area contributed by atoms with Crippen molar-refractivity contribution in [1.29, 1.82) is 0 Å². The highest BCUT2D eigenvalue weighted by Crippen LogP contribution is 2.30. The Hall–Kier alpha value is -2.68. The van der Waals surface area contributed by atoms with E-state index >= 15 is 0 Å². The molecule has 0 aliphatic carbocycles. The third-order valence-electron chi connectivity index (χ3n) is 2.68. The van der Waals surface area contributed by atoms with Gasteiger partial charge in [-0.3, -0.25) is 19.8 Å². The van der Waals surface area contributed by atoms with Gasteiger partial charge in [0.2, 0.25) is 5.91 Å². The molecule has 0 saturated heterocycles. The van der Waals surface area contributed by atoms with Gasteiger partial charge in [0, 0.05) is 11.6 Å². The fourth-order valence-electron chi connectivity index (χ4n) is 1.78. The van der Waals surface area contributed by atoms with Crippen molar-refractivity contribution in [3.05, 3.63) is 33.9 Å². The Morgan fingerprint density at radius 3 is 2.43 bits per heavy atom. The van der Waals surface area contributed by atoms with E-state index in [1.54, 1.807) is 20.8 Å². The lowest BCUT2D eigenvalue weighted by Crippen LogP contribution is -2.39. The SMILES string of the molecule is CC(C)(C)OC(=O)N(CCO)c1ccc(C(N)=O)cc1[N+](=O)[O-]. The number of amides is 2. The number of nitro benzene ring substituents is 1. The zero-order chi connectivity index (χ0) is 17.8. The van der Waals surface area contributed by atoms with Crippen LogP contribution < -0.4 is 10.6 Å². The zero-order valence-electron chi connectivity index (χ0n) is 13.1. The number of aliphatic hydroxyl groups excluding tert-OH is 1. The number of rotatable bonds is 5. The lowest BCUT2D eigenvalue weighted by Gasteiger charge is -2.26. The predicted molar refractivity (Wildman–Crippen MR) is 82.3 cm³/mol. The number of nitrogens with zero attached hydrogens (tertiary/aromatic N) is 2. The highest BCUT2D eigenvalue weighted by atomic mass is 16.6. The third kappa shape index (κ3) is 4.92. The summed E-state index contributed by atoms with van der Waals surface area (Å²) in [5, 5.41) is 20.3. The summed E-state index contributed by atoms with van der Waals surface area (Å²) in [7, 11) is 0. The number of primary amides is 1. The number of hydrogen-bond donors (Lipinski definition) is 2. The van der Waals surface area contributed by atoms with Crippen LogP contribution in [0, 0.1) is 10.1 Å². The summed E-state index contributed by atoms with van der Waals surface area (Å²) in [5.74, 6) is -0.828. The Labute approximate surface area is 132 Å². The van der Waals surface area contributed by atoms with Crippen LogP contribution in [-0.4, -0.2) is 40.8 Å². The summed E-state index contributed by atoms with van der Waals surface area (Å²) in [6.07, 6.45) is -0.846. The van der Waals surface area contributed by atoms with Gasteiger partial charge in [-0.05, 0) is 32.9 Å². The second-order valence-corrected chi connectivity index (χ2v) is 5.68. The zero-order valence-corrected chi connectivity index (χ0v) is 13.1. The van der Waals surface area contributed by atoms with Gasteiger partial charge in [-0.1, -0.05) is 0 Å². The van der Waals surface area contributed by atoms with E-state index in [9.17, 15) is 19.7 Å². The van der Waals surface area contributed by atoms with Gasteiger partial charge < -0.3 is 15.6 Å². The summed E-state index contributed by atoms with van der Waals surface area (Å²) >= 11 is 0. The van der Waals surface area contributed by atoms with Crippen molar-refractivity contribution in [2.45, 2.75) is 26.4 Å². The average Bonchev–Trinajstić information content (AvgIpc) is 2.42. The molecule has 23 heavy (non-hydrogen) atoms. The third-order valence-corrected chi connectivity index (χ3v) is 2.68. The van der Waals surface area contributed by atoms with Crippen LogP contribution in [0.2, 0.25) is 0 Å². The minimum atomic E-state index is -0.846. The Balaban J connectivity index is 3.33. The quantitative estimate of drug-likeness (QED) is 0.620. The standard InChI is InChI=1S/C14H19N3O6/c1-14(2,3)23-13(20)16(6-7-18)10-5-4-9(12(15)19)8-11(10)17(21)22/h4-5,8,18H,6-7H2,1-3H3,(H2,15,19). The first-order chi connectivity index (χ1) is 10.6. The fraction of sp³-hybridized carbons (Fsp3) is 0.429. The van der Waals surface area contributed by atoms with E-state index in [2.05, 4.69) is 0 Å². The summed E-state index contributed by atoms with van der Waals surface area (Å²) in [6.45, 7) is 4.31. The molecule has 126 valence electrons. The van der Waals surface area contributed by atoms with Crippen molar-refractivity contribution >= 4 is 23.4 Å². The van der Waals surface area contributed by atoms with Crippen molar-refractivity contribution in [3.8, 4) is 0 Å². The molecule has 2 amide bonds. The fourth-order valence-corrected chi connectivity index (χ4v) is 1.78. The smallest absolute Gasteiger partial charge is 0.415 e. The molecule has 3 N–H and O–H groups in total. The minimum Gasteiger partial charge on any atom is -0.443 e. The predicted octanol–water partition coefficient (Wildman–Crippen LogP) is 1.43. The normalized spacial score (nSPS) is 11.0. The number of ether oxygens (including phenoxy) is 1. The molecule has 0 bridgehead atoms. The Kier molecular flexibility index (Phi) is 5.63. The maximum absolute atomic E-state index is 12.2. The van der Waals surface area contributed by atoms with Crippen molar-refractivity contribution in [3.63, 3.8) is 0 Å². The van der Waals surface area contributed by atoms with E-state index in [4.69, 9.17) is 15.6 Å². The average molecular weight is 325 g/mol. The number of nitrogens with two attached hydrogens (primary N) is 1. The first kappa shape index (κ1) is 18.4. The topological polar surface area (TPSA) is 136 Å². The summed E-state index contributed by atoms with van der Waals surface area (Å²) in [4.78, 5) is 34.8. The maximum Gasteiger partial charge on any atom is 0.415 e. The summed E-state index contributed by atoms with van der Waals surface area (Å²) in [5.41, 5.74) is 3.65. The second kappa shape index (κ2) is 7.05. The van der Waals surface area contributed by atoms with E-state index in [0.29, 0.717) is 0 Å². The largest absolute Gasteiger partial charge is 0.443 e. The van der Waals surface area contributed by atoms with Gasteiger partial charge in [0.05, 0.1) is 18.1 Å². The van der Waals surface area contributed by atoms with Gasteiger partial charge in [-0.2, -0.15) is 0 Å². The molecule has 0 aromatic heterocycles. The van der Waals surface area contributed by atoms with Crippen LogP contribution in [0.15, 0.2) is 18.2 Å². The molecule has 0 spiro atoms. The van der Waals surface area contributed by atoms with Crippen molar-refractivity contribution in [1.82, 2.24) is 0 Å². The molecule has 0 aliphatic heterocycles. The highest BCUT2D eigenvalue weighted by Gasteiger charge is 2.29. The Bertz CT molecular complexity index is 623. The summed E-state index contributed by atoms with van der Waals surface area (Å²) in [6, 6.07) is 3.46. The molecule has 0 saturated carbocycles. The second-order valence-electron chi connectivity index (χ2n) is 5.68. The number of benzene rings is 1. The maximum atomic E-state index is 12.2. The lowest BCUT2D eigenvalue weighted by molar-refractivity contribution is -0.384. The first-order valence-corrected chi connectivity index (χ1v) is 6.76. The highest BCUT2D eigenvalue weighted by molar-refractivity contribution is 5.96. The van der Waals surface area contributed by atoms with Gasteiger partial charge in [0.25, 0.3) is 5.69 Å². The molecule has 0 radical (unpaired) electrons. The summed E-state index contributed by atoms with van der Waals surface area (Å²) < 4.78 is 5.18. The molecule has 0 aliphatic rings. The molecule has 1 rings (SSSR count). The van der Waals surface area contributed by atoms with Gasteiger partial charge in [0.1, 0.15) is 11.3 Å². The molecule has 9 nitrogen and oxygen atoms in total. The van der Waals surface area contributed by atoms with Crippen molar-refractivity contribution < 1.29 is 24.4 Å². The molecule has 0 heterocycles. The van der Waals surface area contributed by atoms with Crippen LogP contribution in [-0.2, 0) is 4.74 Å². The molecule has 9 heteroatoms. The number of aliphatic hydroxyl groups is 1. The number of anilines is 1. The van der Waals surface area contributed by atoms with Crippen LogP contribution in [0.5, 0.6) is 0 Å². The molecule has 1 aromatic carbocycles. The minimum absolute atomic E-state index is 0.0615. The number of carbonyl (C=O) groups excluding carboxylic acids is 2. The van der Waals surface area contributed by atoms with Gasteiger partial charge >= 0.3 is 6.09 Å². The van der Waals surface area contributed by atoms with E-state index in [0.717, 1.165) is 11.0 Å². The Morgan fingerprint density at radius 1 is 1.39 bits per heavy atom. The van der Waals surface area contributed by atoms with Gasteiger partial charge in [-0.15, -0.1) is 0 Å². The van der Waals surface area contributed by atoms with Crippen molar-refractivity contribution in [2.75, 3.05) is 18.1 Å². The number of nitro groups is 1.